The molecule has 21 heavy (non-hydrogen) atoms. The van der Waals surface area contributed by atoms with E-state index in [4.69, 9.17) is 0 Å². The molecule has 0 radical (unpaired) electrons. The van der Waals surface area contributed by atoms with Crippen LogP contribution in [0.5, 0.6) is 0 Å². The summed E-state index contributed by atoms with van der Waals surface area (Å²) in [6.45, 7) is 2.67. The van der Waals surface area contributed by atoms with Gasteiger partial charge in [0.05, 0.1) is 23.2 Å². The number of nitrogens with one attached hydrogen (secondary N) is 2. The van der Waals surface area contributed by atoms with Crippen molar-refractivity contribution in [3.05, 3.63) is 16.6 Å². The molecular weight excluding hydrogens is 290 g/mol. The van der Waals surface area contributed by atoms with Gasteiger partial charge in [0, 0.05) is 11.9 Å². The summed E-state index contributed by atoms with van der Waals surface area (Å²) in [7, 11) is 0. The van der Waals surface area contributed by atoms with Crippen molar-refractivity contribution in [1.82, 2.24) is 15.6 Å². The smallest absolute Gasteiger partial charge is 0.315 e. The number of nitrogens with zero attached hydrogens (tertiary/aromatic N) is 1. The van der Waals surface area contributed by atoms with E-state index in [2.05, 4.69) is 22.5 Å². The standard InChI is InChI=1S/C14H21N3O3S/c1-10-2-4-14(5-3-10,12(18)19)8-16-13(20)15-6-11-7-21-9-17-11/h7,9-10H,2-6,8H2,1H3,(H,18,19)(H2,15,16,20). The Bertz CT molecular complexity index is 482. The van der Waals surface area contributed by atoms with E-state index in [1.165, 1.54) is 11.3 Å². The second kappa shape index (κ2) is 6.89. The van der Waals surface area contributed by atoms with Gasteiger partial charge in [0.25, 0.3) is 0 Å². The molecule has 3 N–H and O–H groups in total. The normalized spacial score (nSPS) is 25.3. The van der Waals surface area contributed by atoms with Crippen LogP contribution in [0, 0.1) is 11.3 Å². The first-order valence-corrected chi connectivity index (χ1v) is 8.08. The topological polar surface area (TPSA) is 91.3 Å². The summed E-state index contributed by atoms with van der Waals surface area (Å²) in [5, 5.41) is 16.7. The van der Waals surface area contributed by atoms with Crippen molar-refractivity contribution in [2.75, 3.05) is 6.54 Å². The van der Waals surface area contributed by atoms with Crippen LogP contribution in [-0.2, 0) is 11.3 Å². The Labute approximate surface area is 128 Å². The van der Waals surface area contributed by atoms with Gasteiger partial charge in [-0.15, -0.1) is 11.3 Å². The third-order valence-electron chi connectivity index (χ3n) is 4.19. The number of aromatic nitrogens is 1. The highest BCUT2D eigenvalue weighted by atomic mass is 32.1. The van der Waals surface area contributed by atoms with Crippen molar-refractivity contribution in [3.63, 3.8) is 0 Å². The Morgan fingerprint density at radius 3 is 2.71 bits per heavy atom. The molecule has 0 saturated heterocycles. The van der Waals surface area contributed by atoms with Crippen molar-refractivity contribution in [2.45, 2.75) is 39.2 Å². The van der Waals surface area contributed by atoms with Crippen LogP contribution in [0.25, 0.3) is 0 Å². The van der Waals surface area contributed by atoms with Crippen LogP contribution in [-0.4, -0.2) is 28.6 Å². The summed E-state index contributed by atoms with van der Waals surface area (Å²) in [5.41, 5.74) is 1.69. The molecule has 1 saturated carbocycles. The number of aliphatic carboxylic acids is 1. The minimum absolute atomic E-state index is 0.179. The minimum atomic E-state index is -0.815. The van der Waals surface area contributed by atoms with E-state index < -0.39 is 11.4 Å². The zero-order valence-corrected chi connectivity index (χ0v) is 12.9. The largest absolute Gasteiger partial charge is 0.481 e. The average Bonchev–Trinajstić information content (AvgIpc) is 2.98. The van der Waals surface area contributed by atoms with Gasteiger partial charge < -0.3 is 15.7 Å². The van der Waals surface area contributed by atoms with Gasteiger partial charge in [-0.3, -0.25) is 4.79 Å². The van der Waals surface area contributed by atoms with Gasteiger partial charge in [0.2, 0.25) is 0 Å². The van der Waals surface area contributed by atoms with E-state index in [9.17, 15) is 14.7 Å². The Kier molecular flexibility index (Phi) is 5.17. The molecule has 7 heteroatoms. The Hall–Kier alpha value is -1.63. The van der Waals surface area contributed by atoms with Crippen LogP contribution < -0.4 is 10.6 Å². The van der Waals surface area contributed by atoms with Gasteiger partial charge in [-0.1, -0.05) is 6.92 Å². The van der Waals surface area contributed by atoms with Crippen molar-refractivity contribution >= 4 is 23.3 Å². The van der Waals surface area contributed by atoms with Crippen molar-refractivity contribution < 1.29 is 14.7 Å². The second-order valence-corrected chi connectivity index (χ2v) is 6.50. The molecule has 1 aliphatic rings. The molecule has 0 aromatic carbocycles. The fraction of sp³-hybridized carbons (Fsp3) is 0.643. The van der Waals surface area contributed by atoms with Gasteiger partial charge in [0.15, 0.2) is 0 Å². The summed E-state index contributed by atoms with van der Waals surface area (Å²) in [6.07, 6.45) is 3.04. The molecule has 0 unspecified atom stereocenters. The van der Waals surface area contributed by atoms with Gasteiger partial charge in [0.1, 0.15) is 0 Å². The maximum atomic E-state index is 11.8. The lowest BCUT2D eigenvalue weighted by atomic mass is 9.71. The van der Waals surface area contributed by atoms with E-state index in [-0.39, 0.29) is 12.6 Å². The van der Waals surface area contributed by atoms with Gasteiger partial charge in [-0.05, 0) is 31.6 Å². The Morgan fingerprint density at radius 2 is 2.14 bits per heavy atom. The van der Waals surface area contributed by atoms with Crippen molar-refractivity contribution in [3.8, 4) is 0 Å². The van der Waals surface area contributed by atoms with Crippen LogP contribution in [0.2, 0.25) is 0 Å². The van der Waals surface area contributed by atoms with E-state index in [0.29, 0.717) is 25.3 Å². The van der Waals surface area contributed by atoms with E-state index in [1.807, 2.05) is 5.38 Å². The predicted octanol–water partition coefficient (Wildman–Crippen LogP) is 2.22. The predicted molar refractivity (Wildman–Crippen MR) is 80.1 cm³/mol. The highest BCUT2D eigenvalue weighted by molar-refractivity contribution is 7.07. The lowest BCUT2D eigenvalue weighted by molar-refractivity contribution is -0.151. The first kappa shape index (κ1) is 15.8. The maximum absolute atomic E-state index is 11.8. The molecule has 0 aliphatic heterocycles. The second-order valence-electron chi connectivity index (χ2n) is 5.78. The Balaban J connectivity index is 1.81. The first-order chi connectivity index (χ1) is 10.0. The number of carboxylic acid groups (broad SMARTS) is 1. The SMILES string of the molecule is CC1CCC(CNC(=O)NCc2cscn2)(C(=O)O)CC1. The molecule has 116 valence electrons. The summed E-state index contributed by atoms with van der Waals surface area (Å²) in [6, 6.07) is -0.345. The number of urea groups is 1. The summed E-state index contributed by atoms with van der Waals surface area (Å²) < 4.78 is 0. The summed E-state index contributed by atoms with van der Waals surface area (Å²) >= 11 is 1.47. The number of rotatable bonds is 5. The molecule has 2 rings (SSSR count). The monoisotopic (exact) mass is 311 g/mol. The molecule has 2 amide bonds. The number of hydrogen-bond acceptors (Lipinski definition) is 4. The minimum Gasteiger partial charge on any atom is -0.481 e. The molecule has 1 aromatic rings. The van der Waals surface area contributed by atoms with Crippen LogP contribution in [0.3, 0.4) is 0 Å². The van der Waals surface area contributed by atoms with Crippen LogP contribution >= 0.6 is 11.3 Å². The van der Waals surface area contributed by atoms with Gasteiger partial charge in [-0.2, -0.15) is 0 Å². The highest BCUT2D eigenvalue weighted by Crippen LogP contribution is 2.38. The number of carboxylic acids is 1. The number of amides is 2. The van der Waals surface area contributed by atoms with E-state index in [1.54, 1.807) is 5.51 Å². The average molecular weight is 311 g/mol. The molecule has 6 nitrogen and oxygen atoms in total. The third-order valence-corrected chi connectivity index (χ3v) is 4.82. The molecular formula is C14H21N3O3S. The quantitative estimate of drug-likeness (QED) is 0.777. The molecule has 0 spiro atoms. The zero-order valence-electron chi connectivity index (χ0n) is 12.1. The van der Waals surface area contributed by atoms with Crippen molar-refractivity contribution in [1.29, 1.82) is 0 Å². The molecule has 1 heterocycles. The van der Waals surface area contributed by atoms with Crippen LogP contribution in [0.4, 0.5) is 4.79 Å². The fourth-order valence-corrected chi connectivity index (χ4v) is 3.15. The van der Waals surface area contributed by atoms with Crippen LogP contribution in [0.15, 0.2) is 10.9 Å². The summed E-state index contributed by atoms with van der Waals surface area (Å²) in [5.74, 6) is -0.245. The highest BCUT2D eigenvalue weighted by Gasteiger charge is 2.41. The maximum Gasteiger partial charge on any atom is 0.315 e. The first-order valence-electron chi connectivity index (χ1n) is 7.14. The molecule has 1 fully saturated rings. The molecule has 0 atom stereocenters. The lowest BCUT2D eigenvalue weighted by Crippen LogP contribution is -2.47. The zero-order chi connectivity index (χ0) is 15.3. The summed E-state index contributed by atoms with van der Waals surface area (Å²) in [4.78, 5) is 27.4. The van der Waals surface area contributed by atoms with Crippen LogP contribution in [0.1, 0.15) is 38.3 Å². The third kappa shape index (κ3) is 4.17. The molecule has 0 bridgehead atoms. The van der Waals surface area contributed by atoms with Gasteiger partial charge >= 0.3 is 12.0 Å². The van der Waals surface area contributed by atoms with E-state index >= 15 is 0 Å². The number of thiazole rings is 1. The van der Waals surface area contributed by atoms with Gasteiger partial charge in [-0.25, -0.2) is 9.78 Å². The Morgan fingerprint density at radius 1 is 1.43 bits per heavy atom. The molecule has 1 aliphatic carbocycles. The lowest BCUT2D eigenvalue weighted by Gasteiger charge is -2.35. The number of carbonyl (C=O) groups is 2. The van der Waals surface area contributed by atoms with E-state index in [0.717, 1.165) is 18.5 Å². The van der Waals surface area contributed by atoms with Crippen molar-refractivity contribution in [2.24, 2.45) is 11.3 Å². The number of carbonyl (C=O) groups excluding carboxylic acids is 1. The molecule has 1 aromatic heterocycles. The fourth-order valence-electron chi connectivity index (χ4n) is 2.59. The number of hydrogen-bond donors (Lipinski definition) is 3.